The van der Waals surface area contributed by atoms with E-state index in [1.54, 1.807) is 4.90 Å². The highest BCUT2D eigenvalue weighted by Gasteiger charge is 2.50. The lowest BCUT2D eigenvalue weighted by Crippen LogP contribution is -2.42. The first kappa shape index (κ1) is 20.4. The van der Waals surface area contributed by atoms with Gasteiger partial charge in [0.1, 0.15) is 11.4 Å². The van der Waals surface area contributed by atoms with Gasteiger partial charge in [0.15, 0.2) is 0 Å². The zero-order valence-electron chi connectivity index (χ0n) is 17.2. The van der Waals surface area contributed by atoms with E-state index in [9.17, 15) is 4.79 Å². The van der Waals surface area contributed by atoms with E-state index in [2.05, 4.69) is 25.9 Å². The Kier molecular flexibility index (Phi) is 5.46. The molecule has 156 valence electrons. The number of ether oxygens (including phenoxy) is 2. The van der Waals surface area contributed by atoms with Gasteiger partial charge in [-0.1, -0.05) is 28.1 Å². The summed E-state index contributed by atoms with van der Waals surface area (Å²) in [6.07, 6.45) is 5.42. The number of nitrogens with zero attached hydrogens (tertiary/aromatic N) is 2. The first-order valence-corrected chi connectivity index (χ1v) is 11.0. The summed E-state index contributed by atoms with van der Waals surface area (Å²) in [5, 5.41) is 0. The molecule has 0 aliphatic carbocycles. The van der Waals surface area contributed by atoms with E-state index in [1.807, 2.05) is 51.2 Å². The number of carbonyl (C=O) groups is 1. The fourth-order valence-electron chi connectivity index (χ4n) is 4.18. The maximum atomic E-state index is 13.0. The lowest BCUT2D eigenvalue weighted by molar-refractivity contribution is -0.0706. The maximum Gasteiger partial charge on any atom is 0.411 e. The van der Waals surface area contributed by atoms with Gasteiger partial charge in [0.25, 0.3) is 0 Å². The van der Waals surface area contributed by atoms with Crippen LogP contribution in [-0.2, 0) is 9.47 Å². The predicted molar refractivity (Wildman–Crippen MR) is 115 cm³/mol. The number of aromatic nitrogens is 2. The summed E-state index contributed by atoms with van der Waals surface area (Å²) in [7, 11) is 0. The monoisotopic (exact) mass is 461 g/mol. The molecule has 2 aliphatic rings. The molecule has 1 N–H and O–H groups in total. The fourth-order valence-corrected chi connectivity index (χ4v) is 4.45. The van der Waals surface area contributed by atoms with Crippen molar-refractivity contribution in [1.29, 1.82) is 0 Å². The number of hydrogen-bond acceptors (Lipinski definition) is 4. The number of imidazole rings is 1. The van der Waals surface area contributed by atoms with Gasteiger partial charge in [-0.15, -0.1) is 0 Å². The van der Waals surface area contributed by atoms with Crippen molar-refractivity contribution >= 4 is 22.0 Å². The van der Waals surface area contributed by atoms with Gasteiger partial charge in [0.2, 0.25) is 0 Å². The SMILES string of the molecule is CC(C)(C)OC(=O)N1C[C@@]2(CCCCO2)C[C@H]1c1ncc(-c2ccc(Br)cc2)[nH]1. The number of rotatable bonds is 2. The minimum absolute atomic E-state index is 0.188. The molecule has 2 fully saturated rings. The van der Waals surface area contributed by atoms with Gasteiger partial charge in [-0.2, -0.15) is 0 Å². The summed E-state index contributed by atoms with van der Waals surface area (Å²) in [6.45, 7) is 6.96. The number of hydrogen-bond donors (Lipinski definition) is 1. The number of halogens is 1. The fraction of sp³-hybridized carbons (Fsp3) is 0.545. The molecule has 1 spiro atoms. The van der Waals surface area contributed by atoms with Crippen molar-refractivity contribution in [2.24, 2.45) is 0 Å². The van der Waals surface area contributed by atoms with Gasteiger partial charge in [0.05, 0.1) is 30.1 Å². The van der Waals surface area contributed by atoms with Crippen molar-refractivity contribution < 1.29 is 14.3 Å². The summed E-state index contributed by atoms with van der Waals surface area (Å²) in [5.41, 5.74) is 1.14. The third-order valence-electron chi connectivity index (χ3n) is 5.53. The van der Waals surface area contributed by atoms with Gasteiger partial charge in [0, 0.05) is 17.5 Å². The Hall–Kier alpha value is -1.86. The van der Waals surface area contributed by atoms with Crippen LogP contribution in [-0.4, -0.2) is 45.3 Å². The van der Waals surface area contributed by atoms with Crippen LogP contribution in [0.1, 0.15) is 58.3 Å². The minimum atomic E-state index is -0.545. The Labute approximate surface area is 180 Å². The molecule has 0 radical (unpaired) electrons. The Morgan fingerprint density at radius 3 is 2.72 bits per heavy atom. The van der Waals surface area contributed by atoms with Crippen molar-refractivity contribution in [2.75, 3.05) is 13.2 Å². The van der Waals surface area contributed by atoms with Gasteiger partial charge in [-0.25, -0.2) is 9.78 Å². The zero-order chi connectivity index (χ0) is 20.6. The Balaban J connectivity index is 1.62. The molecule has 0 saturated carbocycles. The van der Waals surface area contributed by atoms with Crippen molar-refractivity contribution in [3.63, 3.8) is 0 Å². The van der Waals surface area contributed by atoms with E-state index in [4.69, 9.17) is 9.47 Å². The number of likely N-dealkylation sites (tertiary alicyclic amines) is 1. The quantitative estimate of drug-likeness (QED) is 0.644. The summed E-state index contributed by atoms with van der Waals surface area (Å²) >= 11 is 3.47. The first-order valence-electron chi connectivity index (χ1n) is 10.2. The van der Waals surface area contributed by atoms with E-state index in [-0.39, 0.29) is 17.7 Å². The molecular weight excluding hydrogens is 434 g/mol. The van der Waals surface area contributed by atoms with Crippen LogP contribution in [0.15, 0.2) is 34.9 Å². The maximum absolute atomic E-state index is 13.0. The standard InChI is InChI=1S/C22H28BrN3O3/c1-21(2,3)29-20(27)26-14-22(10-4-5-11-28-22)12-18(26)19-24-13-17(25-19)15-6-8-16(23)9-7-15/h6-9,13,18H,4-5,10-12,14H2,1-3H3,(H,24,25)/t18-,22+/m0/s1. The highest BCUT2D eigenvalue weighted by Crippen LogP contribution is 2.44. The topological polar surface area (TPSA) is 67.4 Å². The van der Waals surface area contributed by atoms with Crippen LogP contribution in [0.5, 0.6) is 0 Å². The predicted octanol–water partition coefficient (Wildman–Crippen LogP) is 5.46. The molecule has 4 rings (SSSR count). The van der Waals surface area contributed by atoms with E-state index in [1.165, 1.54) is 0 Å². The number of nitrogens with one attached hydrogen (secondary N) is 1. The summed E-state index contributed by atoms with van der Waals surface area (Å²) in [6, 6.07) is 7.89. The molecule has 2 aliphatic heterocycles. The number of amides is 1. The van der Waals surface area contributed by atoms with Crippen LogP contribution in [0, 0.1) is 0 Å². The third kappa shape index (κ3) is 4.51. The first-order chi connectivity index (χ1) is 13.7. The molecule has 2 atom stereocenters. The van der Waals surface area contributed by atoms with E-state index < -0.39 is 5.60 Å². The molecule has 7 heteroatoms. The highest BCUT2D eigenvalue weighted by atomic mass is 79.9. The lowest BCUT2D eigenvalue weighted by Gasteiger charge is -2.33. The molecule has 2 aromatic rings. The van der Waals surface area contributed by atoms with Crippen LogP contribution in [0.25, 0.3) is 11.3 Å². The van der Waals surface area contributed by atoms with Gasteiger partial charge in [-0.3, -0.25) is 4.90 Å². The molecule has 2 saturated heterocycles. The van der Waals surface area contributed by atoms with Crippen molar-refractivity contribution in [2.45, 2.75) is 63.7 Å². The average molecular weight is 462 g/mol. The Bertz CT molecular complexity index is 866. The van der Waals surface area contributed by atoms with Gasteiger partial charge < -0.3 is 14.5 Å². The molecule has 1 aromatic heterocycles. The highest BCUT2D eigenvalue weighted by molar-refractivity contribution is 9.10. The van der Waals surface area contributed by atoms with E-state index >= 15 is 0 Å². The van der Waals surface area contributed by atoms with E-state index in [0.29, 0.717) is 6.54 Å². The summed E-state index contributed by atoms with van der Waals surface area (Å²) in [5.74, 6) is 0.778. The van der Waals surface area contributed by atoms with Crippen molar-refractivity contribution in [1.82, 2.24) is 14.9 Å². The summed E-state index contributed by atoms with van der Waals surface area (Å²) in [4.78, 5) is 22.8. The van der Waals surface area contributed by atoms with Gasteiger partial charge in [-0.05, 0) is 57.7 Å². The van der Waals surface area contributed by atoms with Crippen molar-refractivity contribution in [3.8, 4) is 11.3 Å². The Morgan fingerprint density at radius 1 is 1.31 bits per heavy atom. The zero-order valence-corrected chi connectivity index (χ0v) is 18.8. The average Bonchev–Trinajstić information content (AvgIpc) is 3.27. The summed E-state index contributed by atoms with van der Waals surface area (Å²) < 4.78 is 12.9. The molecular formula is C22H28BrN3O3. The van der Waals surface area contributed by atoms with Crippen molar-refractivity contribution in [3.05, 3.63) is 40.8 Å². The number of benzene rings is 1. The largest absolute Gasteiger partial charge is 0.444 e. The second-order valence-corrected chi connectivity index (χ2v) is 9.92. The normalized spacial score (nSPS) is 24.8. The third-order valence-corrected chi connectivity index (χ3v) is 6.06. The number of aromatic amines is 1. The van der Waals surface area contributed by atoms with E-state index in [0.717, 1.165) is 53.8 Å². The molecule has 1 amide bonds. The smallest absolute Gasteiger partial charge is 0.411 e. The van der Waals surface area contributed by atoms with Gasteiger partial charge >= 0.3 is 6.09 Å². The molecule has 0 unspecified atom stereocenters. The Morgan fingerprint density at radius 2 is 2.07 bits per heavy atom. The minimum Gasteiger partial charge on any atom is -0.444 e. The number of H-pyrrole nitrogens is 1. The lowest BCUT2D eigenvalue weighted by atomic mass is 9.91. The van der Waals surface area contributed by atoms with Crippen LogP contribution < -0.4 is 0 Å². The number of carbonyl (C=O) groups excluding carboxylic acids is 1. The van der Waals surface area contributed by atoms with Crippen LogP contribution in [0.4, 0.5) is 4.79 Å². The molecule has 1 aromatic carbocycles. The molecule has 3 heterocycles. The van der Waals surface area contributed by atoms with Crippen LogP contribution >= 0.6 is 15.9 Å². The molecule has 6 nitrogen and oxygen atoms in total. The van der Waals surface area contributed by atoms with Crippen LogP contribution in [0.3, 0.4) is 0 Å². The second-order valence-electron chi connectivity index (χ2n) is 9.01. The molecule has 29 heavy (non-hydrogen) atoms. The molecule has 0 bridgehead atoms. The second kappa shape index (κ2) is 7.76. The van der Waals surface area contributed by atoms with Crippen LogP contribution in [0.2, 0.25) is 0 Å².